The molecule has 3 aromatic rings. The van der Waals surface area contributed by atoms with Crippen LogP contribution in [0.15, 0.2) is 61.2 Å². The van der Waals surface area contributed by atoms with Crippen LogP contribution in [0, 0.1) is 17.8 Å². The number of likely N-dealkylation sites (tertiary alicyclic amines) is 1. The van der Waals surface area contributed by atoms with Gasteiger partial charge in [0.05, 0.1) is 16.8 Å². The van der Waals surface area contributed by atoms with Gasteiger partial charge in [0.2, 0.25) is 0 Å². The van der Waals surface area contributed by atoms with Gasteiger partial charge in [-0.3, -0.25) is 9.78 Å². The van der Waals surface area contributed by atoms with Gasteiger partial charge < -0.3 is 4.90 Å². The molecule has 33 heavy (non-hydrogen) atoms. The van der Waals surface area contributed by atoms with Crippen LogP contribution in [0.4, 0.5) is 13.2 Å². The van der Waals surface area contributed by atoms with Gasteiger partial charge in [-0.05, 0) is 55.2 Å². The Hall–Kier alpha value is -3.73. The molecule has 1 aliphatic rings. The molecule has 0 aliphatic carbocycles. The number of benzene rings is 1. The minimum absolute atomic E-state index is 0.156. The fraction of sp³-hybridized carbons (Fsp3) is 0.280. The molecule has 3 heterocycles. The fourth-order valence-corrected chi connectivity index (χ4v) is 4.10. The zero-order valence-corrected chi connectivity index (χ0v) is 17.7. The molecular weight excluding hydrogens is 429 g/mol. The van der Waals surface area contributed by atoms with Crippen molar-refractivity contribution in [2.24, 2.45) is 5.41 Å². The molecule has 1 fully saturated rings. The Morgan fingerprint density at radius 3 is 2.39 bits per heavy atom. The van der Waals surface area contributed by atoms with E-state index in [1.807, 2.05) is 0 Å². The number of carbonyl (C=O) groups excluding carboxylic acids is 1. The Kier molecular flexibility index (Phi) is 6.14. The molecule has 0 bridgehead atoms. The van der Waals surface area contributed by atoms with E-state index in [9.17, 15) is 18.0 Å². The third-order valence-electron chi connectivity index (χ3n) is 6.00. The number of aromatic nitrogens is 3. The van der Waals surface area contributed by atoms with Crippen molar-refractivity contribution in [1.82, 2.24) is 19.9 Å². The van der Waals surface area contributed by atoms with Crippen LogP contribution < -0.4 is 0 Å². The lowest BCUT2D eigenvalue weighted by Gasteiger charge is -2.39. The van der Waals surface area contributed by atoms with Crippen LogP contribution in [0.5, 0.6) is 0 Å². The number of carbonyl (C=O) groups is 1. The van der Waals surface area contributed by atoms with Crippen molar-refractivity contribution in [3.63, 3.8) is 0 Å². The second kappa shape index (κ2) is 9.02. The summed E-state index contributed by atoms with van der Waals surface area (Å²) in [7, 11) is 0. The second-order valence-corrected chi connectivity index (χ2v) is 8.08. The van der Waals surface area contributed by atoms with Gasteiger partial charge in [-0.2, -0.15) is 13.2 Å². The van der Waals surface area contributed by atoms with Crippen LogP contribution in [0.1, 0.15) is 34.3 Å². The summed E-state index contributed by atoms with van der Waals surface area (Å²) in [5.74, 6) is 2.70. The van der Waals surface area contributed by atoms with Gasteiger partial charge in [0.15, 0.2) is 0 Å². The fourth-order valence-electron chi connectivity index (χ4n) is 4.10. The number of nitrogens with zero attached hydrogens (tertiary/aromatic N) is 4. The molecule has 1 aromatic carbocycles. The molecule has 5 nitrogen and oxygen atoms in total. The van der Waals surface area contributed by atoms with Crippen LogP contribution in [-0.4, -0.2) is 38.8 Å². The summed E-state index contributed by atoms with van der Waals surface area (Å²) in [5, 5.41) is 0. The van der Waals surface area contributed by atoms with E-state index in [1.165, 1.54) is 18.5 Å². The highest BCUT2D eigenvalue weighted by Crippen LogP contribution is 2.36. The van der Waals surface area contributed by atoms with Crippen molar-refractivity contribution in [3.8, 4) is 23.7 Å². The Balaban J connectivity index is 1.47. The summed E-state index contributed by atoms with van der Waals surface area (Å²) < 4.78 is 38.5. The predicted molar refractivity (Wildman–Crippen MR) is 117 cm³/mol. The van der Waals surface area contributed by atoms with E-state index in [4.69, 9.17) is 6.42 Å². The molecule has 1 saturated heterocycles. The highest BCUT2D eigenvalue weighted by atomic mass is 19.4. The molecule has 4 rings (SSSR count). The standard InChI is InChI=1S/C25H21F3N4O/c1-2-24(16-18-5-7-19(8-6-18)25(26,27)28)10-14-32(15-11-24)23(33)20-4-3-12-30-22(20)21-9-13-29-17-31-21/h1,3-9,12-13,17H,10-11,14-16H2. The maximum atomic E-state index is 13.3. The quantitative estimate of drug-likeness (QED) is 0.543. The molecule has 0 N–H and O–H groups in total. The summed E-state index contributed by atoms with van der Waals surface area (Å²) in [6.45, 7) is 0.892. The maximum absolute atomic E-state index is 13.3. The summed E-state index contributed by atoms with van der Waals surface area (Å²) >= 11 is 0. The first-order chi connectivity index (χ1) is 15.8. The van der Waals surface area contributed by atoms with Gasteiger partial charge in [0.25, 0.3) is 5.91 Å². The van der Waals surface area contributed by atoms with Gasteiger partial charge in [-0.25, -0.2) is 9.97 Å². The van der Waals surface area contributed by atoms with Crippen molar-refractivity contribution in [3.05, 3.63) is 77.9 Å². The largest absolute Gasteiger partial charge is 0.416 e. The first-order valence-corrected chi connectivity index (χ1v) is 10.5. The van der Waals surface area contributed by atoms with Crippen LogP contribution in [0.2, 0.25) is 0 Å². The highest BCUT2D eigenvalue weighted by molar-refractivity contribution is 5.99. The monoisotopic (exact) mass is 450 g/mol. The van der Waals surface area contributed by atoms with Crippen molar-refractivity contribution in [2.75, 3.05) is 13.1 Å². The van der Waals surface area contributed by atoms with Gasteiger partial charge in [0, 0.05) is 30.9 Å². The molecule has 1 aliphatic heterocycles. The average Bonchev–Trinajstić information content (AvgIpc) is 2.84. The third-order valence-corrected chi connectivity index (χ3v) is 6.00. The summed E-state index contributed by atoms with van der Waals surface area (Å²) in [4.78, 5) is 27.5. The zero-order valence-electron chi connectivity index (χ0n) is 17.7. The average molecular weight is 450 g/mol. The zero-order chi connectivity index (χ0) is 23.5. The molecule has 168 valence electrons. The van der Waals surface area contributed by atoms with Crippen molar-refractivity contribution >= 4 is 5.91 Å². The number of alkyl halides is 3. The van der Waals surface area contributed by atoms with E-state index < -0.39 is 17.2 Å². The van der Waals surface area contributed by atoms with Gasteiger partial charge >= 0.3 is 6.18 Å². The van der Waals surface area contributed by atoms with E-state index in [0.717, 1.165) is 17.7 Å². The first-order valence-electron chi connectivity index (χ1n) is 10.5. The summed E-state index contributed by atoms with van der Waals surface area (Å²) in [5.41, 5.74) is 1.05. The van der Waals surface area contributed by atoms with Crippen LogP contribution in [-0.2, 0) is 12.6 Å². The minimum atomic E-state index is -4.37. The molecular formula is C25H21F3N4O. The van der Waals surface area contributed by atoms with Crippen molar-refractivity contribution < 1.29 is 18.0 Å². The van der Waals surface area contributed by atoms with Crippen molar-refractivity contribution in [1.29, 1.82) is 0 Å². The summed E-state index contributed by atoms with van der Waals surface area (Å²) in [6, 6.07) is 10.2. The number of terminal acetylenes is 1. The molecule has 0 spiro atoms. The van der Waals surface area contributed by atoms with Gasteiger partial charge in [0.1, 0.15) is 12.0 Å². The van der Waals surface area contributed by atoms with Crippen LogP contribution in [0.25, 0.3) is 11.4 Å². The highest BCUT2D eigenvalue weighted by Gasteiger charge is 2.36. The first kappa shape index (κ1) is 22.5. The van der Waals surface area contributed by atoms with Gasteiger partial charge in [-0.15, -0.1) is 6.42 Å². The minimum Gasteiger partial charge on any atom is -0.338 e. The van der Waals surface area contributed by atoms with Crippen LogP contribution >= 0.6 is 0 Å². The Morgan fingerprint density at radius 2 is 1.79 bits per heavy atom. The van der Waals surface area contributed by atoms with E-state index in [2.05, 4.69) is 20.9 Å². The SMILES string of the molecule is C#CC1(Cc2ccc(C(F)(F)F)cc2)CCN(C(=O)c2cccnc2-c2ccncn2)CC1. The van der Waals surface area contributed by atoms with Gasteiger partial charge in [-0.1, -0.05) is 18.1 Å². The Bertz CT molecular complexity index is 1160. The lowest BCUT2D eigenvalue weighted by atomic mass is 9.74. The third kappa shape index (κ3) is 4.87. The Morgan fingerprint density at radius 1 is 1.06 bits per heavy atom. The summed E-state index contributed by atoms with van der Waals surface area (Å²) in [6.07, 6.45) is 7.67. The molecule has 1 amide bonds. The number of rotatable bonds is 4. The molecule has 0 saturated carbocycles. The maximum Gasteiger partial charge on any atom is 0.416 e. The predicted octanol–water partition coefficient (Wildman–Crippen LogP) is 4.66. The van der Waals surface area contributed by atoms with Crippen LogP contribution in [0.3, 0.4) is 0 Å². The van der Waals surface area contributed by atoms with E-state index >= 15 is 0 Å². The Labute approximate surface area is 189 Å². The number of halogens is 3. The second-order valence-electron chi connectivity index (χ2n) is 8.08. The van der Waals surface area contributed by atoms with E-state index in [1.54, 1.807) is 35.5 Å². The lowest BCUT2D eigenvalue weighted by molar-refractivity contribution is -0.137. The number of amides is 1. The topological polar surface area (TPSA) is 59.0 Å². The van der Waals surface area contributed by atoms with Crippen molar-refractivity contribution in [2.45, 2.75) is 25.4 Å². The molecule has 8 heteroatoms. The number of pyridine rings is 1. The van der Waals surface area contributed by atoms with E-state index in [0.29, 0.717) is 49.3 Å². The van der Waals surface area contributed by atoms with E-state index in [-0.39, 0.29) is 5.91 Å². The number of hydrogen-bond acceptors (Lipinski definition) is 4. The smallest absolute Gasteiger partial charge is 0.338 e. The molecule has 2 aromatic heterocycles. The number of hydrogen-bond donors (Lipinski definition) is 0. The lowest BCUT2D eigenvalue weighted by Crippen LogP contribution is -2.43. The number of piperidine rings is 1. The molecule has 0 radical (unpaired) electrons. The normalized spacial score (nSPS) is 15.6. The molecule has 0 atom stereocenters. The molecule has 0 unspecified atom stereocenters.